The summed E-state index contributed by atoms with van der Waals surface area (Å²) in [6, 6.07) is 1.72. The van der Waals surface area contributed by atoms with Crippen molar-refractivity contribution in [1.82, 2.24) is 9.78 Å². The number of nitrogens with two attached hydrogens (primary N) is 1. The van der Waals surface area contributed by atoms with E-state index in [2.05, 4.69) is 10.1 Å². The van der Waals surface area contributed by atoms with E-state index in [1.165, 1.54) is 6.20 Å². The third-order valence-electron chi connectivity index (χ3n) is 1.50. The fourth-order valence-corrected chi connectivity index (χ4v) is 0.901. The van der Waals surface area contributed by atoms with Crippen LogP contribution in [0.1, 0.15) is 5.69 Å². The van der Waals surface area contributed by atoms with Crippen molar-refractivity contribution >= 4 is 11.9 Å². The van der Waals surface area contributed by atoms with Crippen LogP contribution in [0.5, 0.6) is 0 Å². The fraction of sp³-hybridized carbons (Fsp3) is 0.250. The van der Waals surface area contributed by atoms with E-state index in [0.717, 1.165) is 0 Å². The van der Waals surface area contributed by atoms with Crippen LogP contribution >= 0.6 is 0 Å². The van der Waals surface area contributed by atoms with Gasteiger partial charge in [0.05, 0.1) is 18.0 Å². The molecule has 0 unspecified atom stereocenters. The monoisotopic (exact) mass is 180 g/mol. The summed E-state index contributed by atoms with van der Waals surface area (Å²) < 4.78 is 1.55. The van der Waals surface area contributed by atoms with E-state index in [-0.39, 0.29) is 6.61 Å². The Bertz CT molecular complexity index is 327. The molecule has 3 N–H and O–H groups in total. The number of aromatic nitrogens is 2. The Morgan fingerprint density at radius 3 is 3.08 bits per heavy atom. The molecule has 5 nitrogen and oxygen atoms in total. The summed E-state index contributed by atoms with van der Waals surface area (Å²) in [5.41, 5.74) is 6.63. The van der Waals surface area contributed by atoms with E-state index in [1.54, 1.807) is 30.2 Å². The van der Waals surface area contributed by atoms with Crippen molar-refractivity contribution in [3.05, 3.63) is 24.2 Å². The lowest BCUT2D eigenvalue weighted by Gasteiger charge is -1.98. The summed E-state index contributed by atoms with van der Waals surface area (Å²) >= 11 is 0. The first-order chi connectivity index (χ1) is 6.31. The lowest BCUT2D eigenvalue weighted by Crippen LogP contribution is -2.02. The molecule has 0 aliphatic rings. The van der Waals surface area contributed by atoms with E-state index in [4.69, 9.17) is 10.8 Å². The molecule has 0 fully saturated rings. The third-order valence-corrected chi connectivity index (χ3v) is 1.50. The van der Waals surface area contributed by atoms with Gasteiger partial charge in [-0.3, -0.25) is 4.99 Å². The maximum atomic E-state index is 8.78. The minimum absolute atomic E-state index is 0.0753. The van der Waals surface area contributed by atoms with Crippen molar-refractivity contribution in [2.45, 2.75) is 6.61 Å². The van der Waals surface area contributed by atoms with Crippen molar-refractivity contribution in [3.63, 3.8) is 0 Å². The third kappa shape index (κ3) is 2.16. The summed E-state index contributed by atoms with van der Waals surface area (Å²) in [4.78, 5) is 3.82. The average molecular weight is 180 g/mol. The predicted octanol–water partition coefficient (Wildman–Crippen LogP) is -0.167. The summed E-state index contributed by atoms with van der Waals surface area (Å²) in [5, 5.41) is 12.8. The van der Waals surface area contributed by atoms with Crippen LogP contribution in [0.15, 0.2) is 23.5 Å². The largest absolute Gasteiger partial charge is 0.403 e. The Hall–Kier alpha value is -1.62. The standard InChI is InChI=1S/C8H12N4O/c1-10-5-8(4-9)12-3-2-7(6-13)11-12/h2-5,13H,6,9H2,1H3/b8-4+,10-5?. The highest BCUT2D eigenvalue weighted by molar-refractivity contribution is 6.01. The maximum absolute atomic E-state index is 8.78. The van der Waals surface area contributed by atoms with E-state index in [0.29, 0.717) is 11.4 Å². The molecule has 0 spiro atoms. The van der Waals surface area contributed by atoms with Crippen LogP contribution < -0.4 is 5.73 Å². The normalized spacial score (nSPS) is 12.6. The summed E-state index contributed by atoms with van der Waals surface area (Å²) in [7, 11) is 1.65. The van der Waals surface area contributed by atoms with Gasteiger partial charge in [0.25, 0.3) is 0 Å². The molecule has 0 aromatic carbocycles. The molecule has 0 bridgehead atoms. The van der Waals surface area contributed by atoms with Gasteiger partial charge in [-0.25, -0.2) is 4.68 Å². The van der Waals surface area contributed by atoms with E-state index >= 15 is 0 Å². The number of nitrogens with zero attached hydrogens (tertiary/aromatic N) is 3. The Labute approximate surface area is 76.2 Å². The highest BCUT2D eigenvalue weighted by Gasteiger charge is 1.99. The zero-order chi connectivity index (χ0) is 9.68. The predicted molar refractivity (Wildman–Crippen MR) is 51.0 cm³/mol. The number of aliphatic hydroxyl groups excluding tert-OH is 1. The second-order valence-electron chi connectivity index (χ2n) is 2.39. The minimum atomic E-state index is -0.0753. The van der Waals surface area contributed by atoms with Crippen molar-refractivity contribution in [1.29, 1.82) is 0 Å². The SMILES string of the molecule is CN=C/C(=C\N)n1ccc(CO)n1. The van der Waals surface area contributed by atoms with Crippen LogP contribution in [0.25, 0.3) is 5.70 Å². The summed E-state index contributed by atoms with van der Waals surface area (Å²) in [6.07, 6.45) is 4.71. The van der Waals surface area contributed by atoms with Crippen LogP contribution in [0, 0.1) is 0 Å². The van der Waals surface area contributed by atoms with Crippen LogP contribution in [0.4, 0.5) is 0 Å². The van der Waals surface area contributed by atoms with Crippen molar-refractivity contribution < 1.29 is 5.11 Å². The lowest BCUT2D eigenvalue weighted by atomic mass is 10.5. The van der Waals surface area contributed by atoms with Crippen molar-refractivity contribution in [2.75, 3.05) is 7.05 Å². The number of allylic oxidation sites excluding steroid dienone is 1. The Morgan fingerprint density at radius 2 is 2.62 bits per heavy atom. The lowest BCUT2D eigenvalue weighted by molar-refractivity contribution is 0.276. The molecule has 0 aliphatic carbocycles. The van der Waals surface area contributed by atoms with Crippen LogP contribution in [0.2, 0.25) is 0 Å². The van der Waals surface area contributed by atoms with Gasteiger partial charge in [-0.2, -0.15) is 5.10 Å². The molecule has 0 radical (unpaired) electrons. The van der Waals surface area contributed by atoms with Gasteiger partial charge < -0.3 is 10.8 Å². The molecule has 1 aromatic heterocycles. The molecular formula is C8H12N4O. The van der Waals surface area contributed by atoms with Crippen molar-refractivity contribution in [2.24, 2.45) is 10.7 Å². The summed E-state index contributed by atoms with van der Waals surface area (Å²) in [5.74, 6) is 0. The molecular weight excluding hydrogens is 168 g/mol. The number of aliphatic imine (C=N–C) groups is 1. The van der Waals surface area contributed by atoms with Gasteiger partial charge in [-0.1, -0.05) is 0 Å². The Morgan fingerprint density at radius 1 is 1.85 bits per heavy atom. The fourth-order valence-electron chi connectivity index (χ4n) is 0.901. The zero-order valence-electron chi connectivity index (χ0n) is 7.38. The highest BCUT2D eigenvalue weighted by atomic mass is 16.3. The van der Waals surface area contributed by atoms with E-state index < -0.39 is 0 Å². The first-order valence-corrected chi connectivity index (χ1v) is 3.81. The Balaban J connectivity index is 2.92. The number of hydrogen-bond acceptors (Lipinski definition) is 4. The van der Waals surface area contributed by atoms with Crippen LogP contribution in [-0.2, 0) is 6.61 Å². The number of aliphatic hydroxyl groups is 1. The van der Waals surface area contributed by atoms with Gasteiger partial charge in [-0.15, -0.1) is 0 Å². The molecule has 5 heteroatoms. The number of rotatable bonds is 3. The average Bonchev–Trinajstić information content (AvgIpc) is 2.62. The topological polar surface area (TPSA) is 76.4 Å². The first-order valence-electron chi connectivity index (χ1n) is 3.81. The van der Waals surface area contributed by atoms with Gasteiger partial charge in [0.1, 0.15) is 0 Å². The molecule has 0 saturated carbocycles. The zero-order valence-corrected chi connectivity index (χ0v) is 7.38. The van der Waals surface area contributed by atoms with Crippen LogP contribution in [-0.4, -0.2) is 28.1 Å². The Kier molecular flexibility index (Phi) is 3.22. The molecule has 0 aliphatic heterocycles. The van der Waals surface area contributed by atoms with Gasteiger partial charge in [0.15, 0.2) is 0 Å². The van der Waals surface area contributed by atoms with Crippen LogP contribution in [0.3, 0.4) is 0 Å². The van der Waals surface area contributed by atoms with Gasteiger partial charge in [0, 0.05) is 25.7 Å². The second-order valence-corrected chi connectivity index (χ2v) is 2.39. The first kappa shape index (κ1) is 9.47. The quantitative estimate of drug-likeness (QED) is 0.634. The minimum Gasteiger partial charge on any atom is -0.403 e. The van der Waals surface area contributed by atoms with Crippen molar-refractivity contribution in [3.8, 4) is 0 Å². The second kappa shape index (κ2) is 4.42. The van der Waals surface area contributed by atoms with E-state index in [9.17, 15) is 0 Å². The molecule has 13 heavy (non-hydrogen) atoms. The van der Waals surface area contributed by atoms with Gasteiger partial charge in [-0.05, 0) is 6.07 Å². The summed E-state index contributed by atoms with van der Waals surface area (Å²) in [6.45, 7) is -0.0753. The molecule has 1 heterocycles. The molecule has 1 rings (SSSR count). The molecule has 0 amide bonds. The molecule has 70 valence electrons. The van der Waals surface area contributed by atoms with E-state index in [1.807, 2.05) is 0 Å². The highest BCUT2D eigenvalue weighted by Crippen LogP contribution is 2.01. The molecule has 0 atom stereocenters. The molecule has 0 saturated heterocycles. The van der Waals surface area contributed by atoms with Gasteiger partial charge >= 0.3 is 0 Å². The smallest absolute Gasteiger partial charge is 0.0977 e. The van der Waals surface area contributed by atoms with Gasteiger partial charge in [0.2, 0.25) is 0 Å². The number of hydrogen-bond donors (Lipinski definition) is 2. The molecule has 1 aromatic rings. The maximum Gasteiger partial charge on any atom is 0.0977 e.